The number of aliphatic carboxylic acids is 1. The standard InChI is InChI=1S/C14H17N3O3/c1-3-8(2)11(14(19)20)15-13(18)12-9-6-4-5-7-10(9)16-17-12/h4-8,11H,3H2,1-2H3,(H,15,18)(H,16,17)(H,19,20)/t8?,11-/m0/s1. The fraction of sp³-hybridized carbons (Fsp3) is 0.357. The quantitative estimate of drug-likeness (QED) is 0.775. The van der Waals surface area contributed by atoms with Crippen LogP contribution in [0.25, 0.3) is 10.9 Å². The Morgan fingerprint density at radius 2 is 2.10 bits per heavy atom. The zero-order valence-corrected chi connectivity index (χ0v) is 11.4. The van der Waals surface area contributed by atoms with E-state index in [-0.39, 0.29) is 11.6 Å². The van der Waals surface area contributed by atoms with E-state index in [1.165, 1.54) is 0 Å². The minimum absolute atomic E-state index is 0.151. The smallest absolute Gasteiger partial charge is 0.326 e. The molecular weight excluding hydrogens is 258 g/mol. The van der Waals surface area contributed by atoms with Gasteiger partial charge < -0.3 is 10.4 Å². The van der Waals surface area contributed by atoms with E-state index >= 15 is 0 Å². The van der Waals surface area contributed by atoms with Gasteiger partial charge in [-0.25, -0.2) is 4.79 Å². The lowest BCUT2D eigenvalue weighted by atomic mass is 9.99. The molecule has 0 fully saturated rings. The summed E-state index contributed by atoms with van der Waals surface area (Å²) < 4.78 is 0. The fourth-order valence-corrected chi connectivity index (χ4v) is 2.03. The molecule has 2 aromatic rings. The molecule has 0 radical (unpaired) electrons. The lowest BCUT2D eigenvalue weighted by molar-refractivity contribution is -0.140. The van der Waals surface area contributed by atoms with Crippen molar-refractivity contribution >= 4 is 22.8 Å². The van der Waals surface area contributed by atoms with Crippen molar-refractivity contribution in [3.63, 3.8) is 0 Å². The van der Waals surface area contributed by atoms with Crippen LogP contribution in [-0.4, -0.2) is 33.2 Å². The number of nitrogens with one attached hydrogen (secondary N) is 2. The third kappa shape index (κ3) is 2.64. The Hall–Kier alpha value is -2.37. The number of aromatic amines is 1. The van der Waals surface area contributed by atoms with Crippen LogP contribution in [0.1, 0.15) is 30.8 Å². The van der Waals surface area contributed by atoms with Crippen LogP contribution in [-0.2, 0) is 4.79 Å². The summed E-state index contributed by atoms with van der Waals surface area (Å²) in [6.45, 7) is 3.68. The molecule has 1 aromatic heterocycles. The van der Waals surface area contributed by atoms with Gasteiger partial charge in [0, 0.05) is 5.39 Å². The number of para-hydroxylation sites is 1. The second-order valence-electron chi connectivity index (χ2n) is 4.79. The number of amides is 1. The number of fused-ring (bicyclic) bond motifs is 1. The van der Waals surface area contributed by atoms with Crippen LogP contribution in [0, 0.1) is 5.92 Å². The van der Waals surface area contributed by atoms with E-state index in [0.717, 1.165) is 5.52 Å². The van der Waals surface area contributed by atoms with Gasteiger partial charge in [0.05, 0.1) is 5.52 Å². The molecule has 20 heavy (non-hydrogen) atoms. The number of hydrogen-bond acceptors (Lipinski definition) is 3. The Morgan fingerprint density at radius 3 is 2.75 bits per heavy atom. The molecule has 0 saturated carbocycles. The van der Waals surface area contributed by atoms with Crippen molar-refractivity contribution in [2.45, 2.75) is 26.3 Å². The van der Waals surface area contributed by atoms with Gasteiger partial charge in [-0.15, -0.1) is 0 Å². The number of H-pyrrole nitrogens is 1. The van der Waals surface area contributed by atoms with Crippen molar-refractivity contribution in [1.29, 1.82) is 0 Å². The Morgan fingerprint density at radius 1 is 1.40 bits per heavy atom. The molecule has 106 valence electrons. The highest BCUT2D eigenvalue weighted by atomic mass is 16.4. The van der Waals surface area contributed by atoms with E-state index in [9.17, 15) is 14.7 Å². The first-order chi connectivity index (χ1) is 9.54. The average Bonchev–Trinajstić information content (AvgIpc) is 2.87. The minimum Gasteiger partial charge on any atom is -0.480 e. The summed E-state index contributed by atoms with van der Waals surface area (Å²) in [5, 5.41) is 19.1. The third-order valence-corrected chi connectivity index (χ3v) is 3.45. The lowest BCUT2D eigenvalue weighted by Crippen LogP contribution is -2.45. The highest BCUT2D eigenvalue weighted by molar-refractivity contribution is 6.05. The van der Waals surface area contributed by atoms with Crippen LogP contribution < -0.4 is 5.32 Å². The minimum atomic E-state index is -1.03. The molecule has 1 heterocycles. The number of nitrogens with zero attached hydrogens (tertiary/aromatic N) is 1. The Kier molecular flexibility index (Phi) is 4.02. The molecule has 0 bridgehead atoms. The normalized spacial score (nSPS) is 13.9. The number of carboxylic acids is 1. The van der Waals surface area contributed by atoms with E-state index in [1.54, 1.807) is 19.1 Å². The first-order valence-corrected chi connectivity index (χ1v) is 6.51. The maximum Gasteiger partial charge on any atom is 0.326 e. The van der Waals surface area contributed by atoms with Crippen molar-refractivity contribution in [3.05, 3.63) is 30.0 Å². The van der Waals surface area contributed by atoms with Gasteiger partial charge in [0.1, 0.15) is 6.04 Å². The van der Waals surface area contributed by atoms with Crippen LogP contribution in [0.2, 0.25) is 0 Å². The first-order valence-electron chi connectivity index (χ1n) is 6.51. The monoisotopic (exact) mass is 275 g/mol. The van der Waals surface area contributed by atoms with Gasteiger partial charge in [-0.2, -0.15) is 5.10 Å². The topological polar surface area (TPSA) is 95.1 Å². The van der Waals surface area contributed by atoms with E-state index in [1.807, 2.05) is 19.1 Å². The highest BCUT2D eigenvalue weighted by Gasteiger charge is 2.27. The number of hydrogen-bond donors (Lipinski definition) is 3. The summed E-state index contributed by atoms with van der Waals surface area (Å²) in [5.41, 5.74) is 0.961. The summed E-state index contributed by atoms with van der Waals surface area (Å²) in [7, 11) is 0. The van der Waals surface area contributed by atoms with Gasteiger partial charge in [0.15, 0.2) is 5.69 Å². The SMILES string of the molecule is CCC(C)[C@H](NC(=O)c1n[nH]c2ccccc12)C(=O)O. The maximum absolute atomic E-state index is 12.2. The number of carbonyl (C=O) groups is 2. The highest BCUT2D eigenvalue weighted by Crippen LogP contribution is 2.16. The molecule has 2 atom stereocenters. The summed E-state index contributed by atoms with van der Waals surface area (Å²) in [6, 6.07) is 6.30. The number of benzene rings is 1. The van der Waals surface area contributed by atoms with Crippen molar-refractivity contribution < 1.29 is 14.7 Å². The van der Waals surface area contributed by atoms with Crippen molar-refractivity contribution in [3.8, 4) is 0 Å². The zero-order chi connectivity index (χ0) is 14.7. The van der Waals surface area contributed by atoms with Crippen molar-refractivity contribution in [2.75, 3.05) is 0 Å². The second-order valence-corrected chi connectivity index (χ2v) is 4.79. The van der Waals surface area contributed by atoms with Crippen molar-refractivity contribution in [1.82, 2.24) is 15.5 Å². The molecular formula is C14H17N3O3. The van der Waals surface area contributed by atoms with Crippen LogP contribution in [0.4, 0.5) is 0 Å². The molecule has 0 aliphatic heterocycles. The van der Waals surface area contributed by atoms with Gasteiger partial charge in [0.2, 0.25) is 0 Å². The summed E-state index contributed by atoms with van der Waals surface area (Å²) in [6.07, 6.45) is 0.665. The van der Waals surface area contributed by atoms with E-state index in [4.69, 9.17) is 0 Å². The van der Waals surface area contributed by atoms with Gasteiger partial charge in [-0.05, 0) is 12.0 Å². The van der Waals surface area contributed by atoms with E-state index in [2.05, 4.69) is 15.5 Å². The third-order valence-electron chi connectivity index (χ3n) is 3.45. The fourth-order valence-electron chi connectivity index (χ4n) is 2.03. The molecule has 6 heteroatoms. The molecule has 1 amide bonds. The van der Waals surface area contributed by atoms with Crippen LogP contribution in [0.3, 0.4) is 0 Å². The molecule has 2 rings (SSSR count). The first kappa shape index (κ1) is 14.0. The van der Waals surface area contributed by atoms with Crippen LogP contribution in [0.5, 0.6) is 0 Å². The lowest BCUT2D eigenvalue weighted by Gasteiger charge is -2.19. The molecule has 0 aliphatic rings. The van der Waals surface area contributed by atoms with E-state index in [0.29, 0.717) is 11.8 Å². The summed E-state index contributed by atoms with van der Waals surface area (Å²) >= 11 is 0. The predicted molar refractivity (Wildman–Crippen MR) is 74.4 cm³/mol. The van der Waals surface area contributed by atoms with Gasteiger partial charge >= 0.3 is 5.97 Å². The Bertz CT molecular complexity index is 635. The number of aromatic nitrogens is 2. The number of carbonyl (C=O) groups excluding carboxylic acids is 1. The molecule has 6 nitrogen and oxygen atoms in total. The zero-order valence-electron chi connectivity index (χ0n) is 11.4. The van der Waals surface area contributed by atoms with E-state index < -0.39 is 17.9 Å². The predicted octanol–water partition coefficient (Wildman–Crippen LogP) is 1.79. The summed E-state index contributed by atoms with van der Waals surface area (Å²) in [4.78, 5) is 23.4. The Balaban J connectivity index is 2.25. The largest absolute Gasteiger partial charge is 0.480 e. The molecule has 0 aliphatic carbocycles. The molecule has 1 aromatic carbocycles. The van der Waals surface area contributed by atoms with Gasteiger partial charge in [0.25, 0.3) is 5.91 Å². The van der Waals surface area contributed by atoms with Crippen LogP contribution in [0.15, 0.2) is 24.3 Å². The number of carboxylic acid groups (broad SMARTS) is 1. The summed E-state index contributed by atoms with van der Waals surface area (Å²) in [5.74, 6) is -1.66. The second kappa shape index (κ2) is 5.73. The molecule has 3 N–H and O–H groups in total. The number of rotatable bonds is 5. The average molecular weight is 275 g/mol. The van der Waals surface area contributed by atoms with Gasteiger partial charge in [-0.3, -0.25) is 9.89 Å². The molecule has 0 saturated heterocycles. The van der Waals surface area contributed by atoms with Crippen molar-refractivity contribution in [2.24, 2.45) is 5.92 Å². The van der Waals surface area contributed by atoms with Gasteiger partial charge in [-0.1, -0.05) is 38.5 Å². The Labute approximate surface area is 116 Å². The maximum atomic E-state index is 12.2. The molecule has 0 spiro atoms. The van der Waals surface area contributed by atoms with Crippen LogP contribution >= 0.6 is 0 Å². The molecule has 1 unspecified atom stereocenters.